The topological polar surface area (TPSA) is 112 Å². The first-order valence-electron chi connectivity index (χ1n) is 3.73. The molecule has 1 heterocycles. The van der Waals surface area contributed by atoms with E-state index in [4.69, 9.17) is 9.11 Å². The third-order valence-electron chi connectivity index (χ3n) is 2.16. The molecule has 0 radical (unpaired) electrons. The van der Waals surface area contributed by atoms with Crippen molar-refractivity contribution in [2.75, 3.05) is 20.1 Å². The molecule has 0 bridgehead atoms. The Morgan fingerprint density at radius 2 is 1.29 bits per heavy atom. The van der Waals surface area contributed by atoms with Gasteiger partial charge >= 0.3 is 0 Å². The normalized spacial score (nSPS) is 30.8. The minimum Gasteiger partial charge on any atom is -0.304 e. The molecule has 2 atom stereocenters. The highest BCUT2D eigenvalue weighted by Crippen LogP contribution is 2.20. The Hall–Kier alpha value is -0.220. The molecule has 1 aliphatic rings. The monoisotopic (exact) mass is 245 g/mol. The predicted octanol–water partition coefficient (Wildman–Crippen LogP) is -1.56. The van der Waals surface area contributed by atoms with Gasteiger partial charge < -0.3 is 4.90 Å². The molecule has 1 saturated heterocycles. The fourth-order valence-corrected chi connectivity index (χ4v) is 4.16. The number of hydrogen-bond acceptors (Lipinski definition) is 5. The van der Waals surface area contributed by atoms with Gasteiger partial charge in [-0.2, -0.15) is 16.8 Å². The fraction of sp³-hybridized carbons (Fsp3) is 1.00. The third-order valence-corrected chi connectivity index (χ3v) is 4.82. The van der Waals surface area contributed by atoms with Gasteiger partial charge in [0.1, 0.15) is 10.5 Å². The highest BCUT2D eigenvalue weighted by molar-refractivity contribution is 7.90. The standard InChI is InChI=1S/C5H11NO6S2/c1-6-2-4(13(7,8)9)5(3-6)14(10,11)12/h4-5H,2-3H2,1H3,(H,7,8,9)(H,10,11,12). The van der Waals surface area contributed by atoms with Gasteiger partial charge in [0.2, 0.25) is 0 Å². The van der Waals surface area contributed by atoms with Gasteiger partial charge in [-0.05, 0) is 7.05 Å². The molecule has 0 saturated carbocycles. The van der Waals surface area contributed by atoms with Crippen LogP contribution in [-0.2, 0) is 20.2 Å². The molecule has 0 spiro atoms. The maximum absolute atomic E-state index is 10.8. The molecule has 1 rings (SSSR count). The summed E-state index contributed by atoms with van der Waals surface area (Å²) in [5, 5.41) is -2.94. The Labute approximate surface area is 82.2 Å². The lowest BCUT2D eigenvalue weighted by Crippen LogP contribution is -2.38. The van der Waals surface area contributed by atoms with Gasteiger partial charge in [0.25, 0.3) is 20.2 Å². The zero-order valence-corrected chi connectivity index (χ0v) is 8.99. The van der Waals surface area contributed by atoms with Gasteiger partial charge in [-0.1, -0.05) is 0 Å². The summed E-state index contributed by atoms with van der Waals surface area (Å²) in [5.74, 6) is 0. The van der Waals surface area contributed by atoms with Crippen molar-refractivity contribution in [2.45, 2.75) is 10.5 Å². The number of nitrogens with zero attached hydrogens (tertiary/aromatic N) is 1. The van der Waals surface area contributed by atoms with E-state index in [1.807, 2.05) is 0 Å². The van der Waals surface area contributed by atoms with Crippen LogP contribution in [0.2, 0.25) is 0 Å². The SMILES string of the molecule is CN1CC(S(=O)(=O)O)C(S(=O)(=O)O)C1. The van der Waals surface area contributed by atoms with Crippen molar-refractivity contribution in [3.05, 3.63) is 0 Å². The van der Waals surface area contributed by atoms with Crippen LogP contribution in [0.25, 0.3) is 0 Å². The first-order chi connectivity index (χ1) is 6.12. The zero-order valence-electron chi connectivity index (χ0n) is 7.36. The molecule has 14 heavy (non-hydrogen) atoms. The molecule has 7 nitrogen and oxygen atoms in total. The van der Waals surface area contributed by atoms with E-state index in [1.165, 1.54) is 11.9 Å². The van der Waals surface area contributed by atoms with E-state index in [1.54, 1.807) is 0 Å². The van der Waals surface area contributed by atoms with Crippen LogP contribution in [-0.4, -0.2) is 61.5 Å². The Bertz CT molecular complexity index is 372. The molecule has 0 aromatic rings. The Balaban J connectivity index is 3.08. The van der Waals surface area contributed by atoms with Crippen LogP contribution in [0, 0.1) is 0 Å². The first kappa shape index (κ1) is 11.9. The van der Waals surface area contributed by atoms with Crippen molar-refractivity contribution in [2.24, 2.45) is 0 Å². The molecule has 1 aliphatic heterocycles. The fourth-order valence-electron chi connectivity index (χ4n) is 1.50. The van der Waals surface area contributed by atoms with Crippen molar-refractivity contribution in [1.29, 1.82) is 0 Å². The van der Waals surface area contributed by atoms with Gasteiger partial charge in [-0.25, -0.2) is 0 Å². The van der Waals surface area contributed by atoms with Gasteiger partial charge in [0.05, 0.1) is 0 Å². The molecule has 9 heteroatoms. The van der Waals surface area contributed by atoms with E-state index in [0.29, 0.717) is 0 Å². The maximum Gasteiger partial charge on any atom is 0.270 e. The lowest BCUT2D eigenvalue weighted by atomic mass is 10.4. The molecule has 0 amide bonds. The summed E-state index contributed by atoms with van der Waals surface area (Å²) in [6.45, 7) is -0.216. The zero-order chi connectivity index (χ0) is 11.1. The van der Waals surface area contributed by atoms with E-state index >= 15 is 0 Å². The summed E-state index contributed by atoms with van der Waals surface area (Å²) in [4.78, 5) is 1.41. The Kier molecular flexibility index (Phi) is 2.89. The van der Waals surface area contributed by atoms with Crippen molar-refractivity contribution in [3.8, 4) is 0 Å². The average molecular weight is 245 g/mol. The molecule has 2 N–H and O–H groups in total. The van der Waals surface area contributed by atoms with Crippen LogP contribution in [0.4, 0.5) is 0 Å². The van der Waals surface area contributed by atoms with E-state index in [9.17, 15) is 16.8 Å². The van der Waals surface area contributed by atoms with Crippen molar-refractivity contribution in [1.82, 2.24) is 4.90 Å². The second kappa shape index (κ2) is 3.42. The second-order valence-corrected chi connectivity index (χ2v) is 6.60. The molecule has 84 valence electrons. The summed E-state index contributed by atoms with van der Waals surface area (Å²) >= 11 is 0. The van der Waals surface area contributed by atoms with E-state index in [-0.39, 0.29) is 13.1 Å². The van der Waals surface area contributed by atoms with E-state index in [0.717, 1.165) is 0 Å². The summed E-state index contributed by atoms with van der Waals surface area (Å²) in [6, 6.07) is 0. The molecule has 1 fully saturated rings. The lowest BCUT2D eigenvalue weighted by molar-refractivity contribution is 0.408. The molecule has 0 aliphatic carbocycles. The summed E-state index contributed by atoms with van der Waals surface area (Å²) < 4.78 is 60.6. The third kappa shape index (κ3) is 2.42. The molecule has 2 unspecified atom stereocenters. The summed E-state index contributed by atoms with van der Waals surface area (Å²) in [7, 11) is -7.39. The van der Waals surface area contributed by atoms with Crippen LogP contribution < -0.4 is 0 Å². The molecule has 0 aromatic carbocycles. The van der Waals surface area contributed by atoms with Crippen molar-refractivity contribution < 1.29 is 25.9 Å². The highest BCUT2D eigenvalue weighted by atomic mass is 32.2. The maximum atomic E-state index is 10.8. The average Bonchev–Trinajstić information content (AvgIpc) is 2.27. The van der Waals surface area contributed by atoms with Gasteiger partial charge in [0, 0.05) is 13.1 Å². The van der Waals surface area contributed by atoms with Crippen LogP contribution in [0.15, 0.2) is 0 Å². The molecular weight excluding hydrogens is 234 g/mol. The smallest absolute Gasteiger partial charge is 0.270 e. The highest BCUT2D eigenvalue weighted by Gasteiger charge is 2.46. The summed E-state index contributed by atoms with van der Waals surface area (Å²) in [6.07, 6.45) is 0. The Morgan fingerprint density at radius 3 is 1.50 bits per heavy atom. The minimum absolute atomic E-state index is 0.108. The van der Waals surface area contributed by atoms with E-state index in [2.05, 4.69) is 0 Å². The molecule has 0 aromatic heterocycles. The van der Waals surface area contributed by atoms with Gasteiger partial charge in [-0.15, -0.1) is 0 Å². The van der Waals surface area contributed by atoms with Gasteiger partial charge in [-0.3, -0.25) is 9.11 Å². The summed E-state index contributed by atoms with van der Waals surface area (Å²) in [5.41, 5.74) is 0. The Morgan fingerprint density at radius 1 is 1.00 bits per heavy atom. The number of rotatable bonds is 2. The lowest BCUT2D eigenvalue weighted by Gasteiger charge is -2.11. The quantitative estimate of drug-likeness (QED) is 0.566. The molecular formula is C5H11NO6S2. The van der Waals surface area contributed by atoms with Crippen LogP contribution in [0.1, 0.15) is 0 Å². The predicted molar refractivity (Wildman–Crippen MR) is 48.2 cm³/mol. The van der Waals surface area contributed by atoms with Crippen LogP contribution in [0.3, 0.4) is 0 Å². The number of likely N-dealkylation sites (tertiary alicyclic amines) is 1. The van der Waals surface area contributed by atoms with Crippen LogP contribution in [0.5, 0.6) is 0 Å². The first-order valence-corrected chi connectivity index (χ1v) is 6.74. The minimum atomic E-state index is -4.45. The largest absolute Gasteiger partial charge is 0.304 e. The second-order valence-electron chi connectivity index (χ2n) is 3.33. The van der Waals surface area contributed by atoms with Crippen molar-refractivity contribution >= 4 is 20.2 Å². The van der Waals surface area contributed by atoms with Gasteiger partial charge in [0.15, 0.2) is 0 Å². The number of hydrogen-bond donors (Lipinski definition) is 2. The van der Waals surface area contributed by atoms with Crippen LogP contribution >= 0.6 is 0 Å². The van der Waals surface area contributed by atoms with Crippen molar-refractivity contribution in [3.63, 3.8) is 0 Å². The van der Waals surface area contributed by atoms with E-state index < -0.39 is 30.7 Å².